The van der Waals surface area contributed by atoms with Gasteiger partial charge in [-0.3, -0.25) is 0 Å². The number of nitrogens with zero attached hydrogens (tertiary/aromatic N) is 3. The van der Waals surface area contributed by atoms with Gasteiger partial charge in [0.05, 0.1) is 10.6 Å². The van der Waals surface area contributed by atoms with E-state index >= 15 is 0 Å². The average molecular weight is 245 g/mol. The smallest absolute Gasteiger partial charge is 0.144 e. The van der Waals surface area contributed by atoms with E-state index in [-0.39, 0.29) is 5.56 Å². The molecule has 84 valence electrons. The fraction of sp³-hybridized carbons (Fsp3) is 0.0833. The molecule has 2 rings (SSSR count). The van der Waals surface area contributed by atoms with Crippen molar-refractivity contribution in [3.63, 3.8) is 0 Å². The van der Waals surface area contributed by atoms with E-state index in [1.165, 1.54) is 24.2 Å². The highest BCUT2D eigenvalue weighted by atomic mass is 32.2. The van der Waals surface area contributed by atoms with E-state index in [0.717, 1.165) is 5.03 Å². The molecule has 0 aliphatic rings. The van der Waals surface area contributed by atoms with Crippen LogP contribution in [0, 0.1) is 17.1 Å². The number of thioether (sulfide) groups is 1. The van der Waals surface area contributed by atoms with Gasteiger partial charge in [0.15, 0.2) is 0 Å². The summed E-state index contributed by atoms with van der Waals surface area (Å²) in [5, 5.41) is 9.49. The summed E-state index contributed by atoms with van der Waals surface area (Å²) in [6.45, 7) is 0. The van der Waals surface area contributed by atoms with Crippen molar-refractivity contribution >= 4 is 11.8 Å². The predicted molar refractivity (Wildman–Crippen MR) is 62.7 cm³/mol. The Morgan fingerprint density at radius 3 is 2.94 bits per heavy atom. The third-order valence-electron chi connectivity index (χ3n) is 2.13. The molecule has 0 saturated heterocycles. The number of halogens is 1. The first-order chi connectivity index (χ1) is 8.31. The van der Waals surface area contributed by atoms with Crippen molar-refractivity contribution in [1.82, 2.24) is 9.97 Å². The van der Waals surface area contributed by atoms with Gasteiger partial charge >= 0.3 is 0 Å². The van der Waals surface area contributed by atoms with Gasteiger partial charge in [0.25, 0.3) is 0 Å². The fourth-order valence-corrected chi connectivity index (χ4v) is 2.10. The molecule has 0 spiro atoms. The maximum Gasteiger partial charge on any atom is 0.144 e. The Balaban J connectivity index is 2.13. The molecule has 5 heteroatoms. The van der Waals surface area contributed by atoms with E-state index in [0.29, 0.717) is 11.3 Å². The number of hydrogen-bond acceptors (Lipinski definition) is 4. The minimum absolute atomic E-state index is 0.0748. The lowest BCUT2D eigenvalue weighted by molar-refractivity contribution is 0.613. The van der Waals surface area contributed by atoms with E-state index in [1.807, 2.05) is 6.07 Å². The lowest BCUT2D eigenvalue weighted by atomic mass is 10.1. The van der Waals surface area contributed by atoms with Crippen LogP contribution in [0.25, 0.3) is 0 Å². The fourth-order valence-electron chi connectivity index (χ4n) is 1.29. The van der Waals surface area contributed by atoms with Crippen LogP contribution in [0.4, 0.5) is 4.39 Å². The van der Waals surface area contributed by atoms with Gasteiger partial charge in [-0.25, -0.2) is 14.4 Å². The minimum Gasteiger partial charge on any atom is -0.245 e. The summed E-state index contributed by atoms with van der Waals surface area (Å²) in [6, 6.07) is 8.40. The van der Waals surface area contributed by atoms with Crippen LogP contribution in [-0.2, 0) is 5.75 Å². The number of rotatable bonds is 3. The zero-order valence-electron chi connectivity index (χ0n) is 8.80. The highest BCUT2D eigenvalue weighted by Crippen LogP contribution is 2.22. The van der Waals surface area contributed by atoms with Gasteiger partial charge in [-0.1, -0.05) is 12.1 Å². The van der Waals surface area contributed by atoms with Crippen molar-refractivity contribution in [3.05, 3.63) is 53.7 Å². The quantitative estimate of drug-likeness (QED) is 0.616. The molecule has 0 atom stereocenters. The molecule has 2 aromatic rings. The van der Waals surface area contributed by atoms with Gasteiger partial charge in [-0.05, 0) is 17.7 Å². The highest BCUT2D eigenvalue weighted by molar-refractivity contribution is 7.98. The van der Waals surface area contributed by atoms with Gasteiger partial charge in [-0.15, -0.1) is 11.8 Å². The summed E-state index contributed by atoms with van der Waals surface area (Å²) in [4.78, 5) is 7.83. The largest absolute Gasteiger partial charge is 0.245 e. The topological polar surface area (TPSA) is 49.6 Å². The molecule has 0 amide bonds. The first kappa shape index (κ1) is 11.6. The SMILES string of the molecule is N#Cc1cccc(CSc2ccncn2)c1F. The monoisotopic (exact) mass is 245 g/mol. The van der Waals surface area contributed by atoms with Crippen LogP contribution in [0.1, 0.15) is 11.1 Å². The first-order valence-corrected chi connectivity index (χ1v) is 5.86. The lowest BCUT2D eigenvalue weighted by Gasteiger charge is -2.03. The van der Waals surface area contributed by atoms with E-state index in [2.05, 4.69) is 9.97 Å². The molecular weight excluding hydrogens is 237 g/mol. The van der Waals surface area contributed by atoms with Crippen LogP contribution < -0.4 is 0 Å². The molecule has 0 fully saturated rings. The zero-order valence-corrected chi connectivity index (χ0v) is 9.62. The number of benzene rings is 1. The molecule has 0 N–H and O–H groups in total. The number of nitriles is 1. The van der Waals surface area contributed by atoms with Gasteiger partial charge < -0.3 is 0 Å². The van der Waals surface area contributed by atoms with Gasteiger partial charge in [0.1, 0.15) is 18.2 Å². The molecular formula is C12H8FN3S. The van der Waals surface area contributed by atoms with E-state index in [9.17, 15) is 4.39 Å². The second-order valence-electron chi connectivity index (χ2n) is 3.23. The van der Waals surface area contributed by atoms with Crippen LogP contribution in [0.5, 0.6) is 0 Å². The molecule has 1 aromatic heterocycles. The summed E-state index contributed by atoms with van der Waals surface area (Å²) in [7, 11) is 0. The van der Waals surface area contributed by atoms with Crippen LogP contribution >= 0.6 is 11.8 Å². The molecule has 0 aliphatic heterocycles. The lowest BCUT2D eigenvalue weighted by Crippen LogP contribution is -1.92. The van der Waals surface area contributed by atoms with Crippen LogP contribution in [0.15, 0.2) is 41.8 Å². The molecule has 3 nitrogen and oxygen atoms in total. The van der Waals surface area contributed by atoms with Crippen molar-refractivity contribution < 1.29 is 4.39 Å². The Morgan fingerprint density at radius 2 is 2.24 bits per heavy atom. The normalized spacial score (nSPS) is 9.88. The first-order valence-electron chi connectivity index (χ1n) is 4.87. The summed E-state index contributed by atoms with van der Waals surface area (Å²) < 4.78 is 13.7. The molecule has 0 bridgehead atoms. The predicted octanol–water partition coefficient (Wildman–Crippen LogP) is 2.78. The van der Waals surface area contributed by atoms with Crippen molar-refractivity contribution in [3.8, 4) is 6.07 Å². The third kappa shape index (κ3) is 2.80. The number of aromatic nitrogens is 2. The molecule has 0 unspecified atom stereocenters. The maximum atomic E-state index is 13.7. The van der Waals surface area contributed by atoms with E-state index < -0.39 is 5.82 Å². The van der Waals surface area contributed by atoms with E-state index in [4.69, 9.17) is 5.26 Å². The second-order valence-corrected chi connectivity index (χ2v) is 4.22. The molecule has 0 radical (unpaired) electrons. The Morgan fingerprint density at radius 1 is 1.35 bits per heavy atom. The zero-order chi connectivity index (χ0) is 12.1. The summed E-state index contributed by atoms with van der Waals surface area (Å²) in [5.41, 5.74) is 0.582. The Kier molecular flexibility index (Phi) is 3.68. The van der Waals surface area contributed by atoms with Crippen LogP contribution in [0.3, 0.4) is 0 Å². The highest BCUT2D eigenvalue weighted by Gasteiger charge is 2.07. The molecule has 17 heavy (non-hydrogen) atoms. The van der Waals surface area contributed by atoms with Gasteiger partial charge in [-0.2, -0.15) is 5.26 Å². The Hall–Kier alpha value is -1.93. The van der Waals surface area contributed by atoms with E-state index in [1.54, 1.807) is 24.4 Å². The minimum atomic E-state index is -0.448. The van der Waals surface area contributed by atoms with Crippen LogP contribution in [0.2, 0.25) is 0 Å². The number of hydrogen-bond donors (Lipinski definition) is 0. The Bertz CT molecular complexity index is 551. The van der Waals surface area contributed by atoms with Gasteiger partial charge in [0, 0.05) is 11.9 Å². The second kappa shape index (κ2) is 5.41. The average Bonchev–Trinajstić information content (AvgIpc) is 2.39. The van der Waals surface area contributed by atoms with Gasteiger partial charge in [0.2, 0.25) is 0 Å². The standard InChI is InChI=1S/C12H8FN3S/c13-12-9(6-14)2-1-3-10(12)7-17-11-4-5-15-8-16-11/h1-5,8H,7H2. The van der Waals surface area contributed by atoms with Crippen molar-refractivity contribution in [1.29, 1.82) is 5.26 Å². The summed E-state index contributed by atoms with van der Waals surface area (Å²) in [6.07, 6.45) is 3.09. The maximum absolute atomic E-state index is 13.7. The third-order valence-corrected chi connectivity index (χ3v) is 3.12. The molecule has 1 heterocycles. The Labute approximate surface area is 102 Å². The summed E-state index contributed by atoms with van der Waals surface area (Å²) in [5.74, 6) is -0.00481. The van der Waals surface area contributed by atoms with Crippen molar-refractivity contribution in [2.24, 2.45) is 0 Å². The van der Waals surface area contributed by atoms with Crippen molar-refractivity contribution in [2.45, 2.75) is 10.8 Å². The molecule has 0 aliphatic carbocycles. The van der Waals surface area contributed by atoms with Crippen molar-refractivity contribution in [2.75, 3.05) is 0 Å². The summed E-state index contributed by atoms with van der Waals surface area (Å²) >= 11 is 1.41. The molecule has 1 aromatic carbocycles. The van der Waals surface area contributed by atoms with Crippen LogP contribution in [-0.4, -0.2) is 9.97 Å². The molecule has 0 saturated carbocycles.